The van der Waals surface area contributed by atoms with E-state index >= 15 is 0 Å². The zero-order valence-corrected chi connectivity index (χ0v) is 12.0. The molecule has 1 aromatic heterocycles. The Morgan fingerprint density at radius 1 is 1.19 bits per heavy atom. The molecular weight excluding hydrogens is 285 g/mol. The summed E-state index contributed by atoms with van der Waals surface area (Å²) in [5.41, 5.74) is 2.16. The van der Waals surface area contributed by atoms with Gasteiger partial charge >= 0.3 is 6.18 Å². The van der Waals surface area contributed by atoms with Crippen LogP contribution in [0.15, 0.2) is 6.07 Å². The van der Waals surface area contributed by atoms with Gasteiger partial charge in [0.2, 0.25) is 5.82 Å². The summed E-state index contributed by atoms with van der Waals surface area (Å²) in [5.74, 6) is 4.21. The monoisotopic (exact) mass is 304 g/mol. The smallest absolute Gasteiger partial charge is 0.354 e. The summed E-state index contributed by atoms with van der Waals surface area (Å²) in [4.78, 5) is 11.1. The van der Waals surface area contributed by atoms with Crippen LogP contribution in [0, 0.1) is 0 Å². The van der Waals surface area contributed by atoms with E-state index in [9.17, 15) is 13.2 Å². The van der Waals surface area contributed by atoms with Gasteiger partial charge in [0.1, 0.15) is 11.6 Å². The highest BCUT2D eigenvalue weighted by Crippen LogP contribution is 2.29. The van der Waals surface area contributed by atoms with E-state index in [4.69, 9.17) is 5.84 Å². The highest BCUT2D eigenvalue weighted by molar-refractivity contribution is 5.49. The van der Waals surface area contributed by atoms with Crippen LogP contribution in [0.5, 0.6) is 0 Å². The SMILES string of the molecule is CC(C)N1CCN(c2cc(NN)nc(C(F)(F)F)n2)CC1. The van der Waals surface area contributed by atoms with Gasteiger partial charge in [-0.1, -0.05) is 0 Å². The summed E-state index contributed by atoms with van der Waals surface area (Å²) in [6, 6.07) is 1.85. The summed E-state index contributed by atoms with van der Waals surface area (Å²) in [5, 5.41) is 0. The Bertz CT molecular complexity index is 482. The number of hydrazine groups is 1. The van der Waals surface area contributed by atoms with Crippen LogP contribution in [0.3, 0.4) is 0 Å². The zero-order chi connectivity index (χ0) is 15.6. The lowest BCUT2D eigenvalue weighted by Gasteiger charge is -2.37. The minimum absolute atomic E-state index is 0.0429. The van der Waals surface area contributed by atoms with Crippen LogP contribution < -0.4 is 16.2 Å². The minimum Gasteiger partial charge on any atom is -0.354 e. The molecule has 21 heavy (non-hydrogen) atoms. The zero-order valence-electron chi connectivity index (χ0n) is 12.0. The number of hydrogen-bond acceptors (Lipinski definition) is 6. The van der Waals surface area contributed by atoms with Crippen LogP contribution in [0.1, 0.15) is 19.7 Å². The van der Waals surface area contributed by atoms with Gasteiger partial charge in [-0.05, 0) is 13.8 Å². The van der Waals surface area contributed by atoms with Crippen molar-refractivity contribution in [2.45, 2.75) is 26.1 Å². The van der Waals surface area contributed by atoms with E-state index in [1.807, 2.05) is 4.90 Å². The van der Waals surface area contributed by atoms with E-state index in [0.717, 1.165) is 13.1 Å². The summed E-state index contributed by atoms with van der Waals surface area (Å²) >= 11 is 0. The Hall–Kier alpha value is -1.61. The van der Waals surface area contributed by atoms with E-state index in [-0.39, 0.29) is 11.6 Å². The lowest BCUT2D eigenvalue weighted by Crippen LogP contribution is -2.49. The fourth-order valence-corrected chi connectivity index (χ4v) is 2.26. The number of nitrogen functional groups attached to an aromatic ring is 1. The second-order valence-corrected chi connectivity index (χ2v) is 5.19. The average Bonchev–Trinajstić information content (AvgIpc) is 2.46. The number of piperazine rings is 1. The lowest BCUT2D eigenvalue weighted by atomic mass is 10.2. The molecule has 0 atom stereocenters. The van der Waals surface area contributed by atoms with Crippen molar-refractivity contribution in [1.29, 1.82) is 0 Å². The van der Waals surface area contributed by atoms with Crippen LogP contribution in [0.2, 0.25) is 0 Å². The number of anilines is 2. The molecule has 3 N–H and O–H groups in total. The number of aromatic nitrogens is 2. The molecule has 0 unspecified atom stereocenters. The van der Waals surface area contributed by atoms with Gasteiger partial charge in [-0.15, -0.1) is 0 Å². The summed E-state index contributed by atoms with van der Waals surface area (Å²) < 4.78 is 38.4. The number of nitrogens with zero attached hydrogens (tertiary/aromatic N) is 4. The molecule has 2 rings (SSSR count). The molecule has 1 fully saturated rings. The van der Waals surface area contributed by atoms with Gasteiger partial charge in [-0.3, -0.25) is 4.90 Å². The van der Waals surface area contributed by atoms with Gasteiger partial charge in [-0.25, -0.2) is 15.8 Å². The van der Waals surface area contributed by atoms with Gasteiger partial charge in [0.15, 0.2) is 0 Å². The van der Waals surface area contributed by atoms with Crippen molar-refractivity contribution in [3.05, 3.63) is 11.9 Å². The third-order valence-electron chi connectivity index (χ3n) is 3.48. The number of nitrogens with two attached hydrogens (primary N) is 1. The maximum absolute atomic E-state index is 12.8. The van der Waals surface area contributed by atoms with Crippen molar-refractivity contribution in [2.24, 2.45) is 5.84 Å². The summed E-state index contributed by atoms with van der Waals surface area (Å²) in [7, 11) is 0. The second kappa shape index (κ2) is 6.02. The van der Waals surface area contributed by atoms with Crippen LogP contribution >= 0.6 is 0 Å². The first-order chi connectivity index (χ1) is 9.81. The topological polar surface area (TPSA) is 70.3 Å². The van der Waals surface area contributed by atoms with E-state index in [1.165, 1.54) is 6.07 Å². The van der Waals surface area contributed by atoms with Crippen molar-refractivity contribution < 1.29 is 13.2 Å². The molecule has 0 bridgehead atoms. The minimum atomic E-state index is -4.60. The van der Waals surface area contributed by atoms with Gasteiger partial charge in [0, 0.05) is 38.3 Å². The average molecular weight is 304 g/mol. The third-order valence-corrected chi connectivity index (χ3v) is 3.48. The quantitative estimate of drug-likeness (QED) is 0.648. The lowest BCUT2D eigenvalue weighted by molar-refractivity contribution is -0.144. The van der Waals surface area contributed by atoms with E-state index in [2.05, 4.69) is 34.1 Å². The predicted molar refractivity (Wildman–Crippen MR) is 73.8 cm³/mol. The van der Waals surface area contributed by atoms with Crippen LogP contribution in [0.4, 0.5) is 24.8 Å². The van der Waals surface area contributed by atoms with Gasteiger partial charge in [-0.2, -0.15) is 13.2 Å². The van der Waals surface area contributed by atoms with E-state index in [0.29, 0.717) is 19.1 Å². The van der Waals surface area contributed by atoms with Gasteiger partial charge in [0.25, 0.3) is 0 Å². The fourth-order valence-electron chi connectivity index (χ4n) is 2.26. The van der Waals surface area contributed by atoms with Crippen LogP contribution in [-0.4, -0.2) is 47.1 Å². The first kappa shape index (κ1) is 15.8. The first-order valence-electron chi connectivity index (χ1n) is 6.73. The molecule has 118 valence electrons. The number of nitrogens with one attached hydrogen (secondary N) is 1. The maximum Gasteiger partial charge on any atom is 0.451 e. The third kappa shape index (κ3) is 3.73. The highest BCUT2D eigenvalue weighted by Gasteiger charge is 2.36. The molecule has 0 amide bonds. The van der Waals surface area contributed by atoms with Crippen LogP contribution in [-0.2, 0) is 6.18 Å². The van der Waals surface area contributed by atoms with Crippen molar-refractivity contribution in [3.8, 4) is 0 Å². The number of halogens is 3. The normalized spacial score (nSPS) is 17.4. The molecule has 9 heteroatoms. The van der Waals surface area contributed by atoms with Crippen molar-refractivity contribution in [1.82, 2.24) is 14.9 Å². The molecule has 1 saturated heterocycles. The Labute approximate surface area is 121 Å². The standard InChI is InChI=1S/C12H19F3N6/c1-8(2)20-3-5-21(6-4-20)10-7-9(19-16)17-11(18-10)12(13,14)15/h7-8H,3-6,16H2,1-2H3,(H,17,18,19). The second-order valence-electron chi connectivity index (χ2n) is 5.19. The number of alkyl halides is 3. The molecular formula is C12H19F3N6. The first-order valence-corrected chi connectivity index (χ1v) is 6.73. The molecule has 1 aromatic rings. The van der Waals surface area contributed by atoms with Gasteiger partial charge < -0.3 is 10.3 Å². The number of hydrogen-bond donors (Lipinski definition) is 2. The van der Waals surface area contributed by atoms with Crippen molar-refractivity contribution in [3.63, 3.8) is 0 Å². The Balaban J connectivity index is 2.20. The Morgan fingerprint density at radius 3 is 2.29 bits per heavy atom. The Kier molecular flexibility index (Phi) is 4.52. The molecule has 2 heterocycles. The molecule has 0 saturated carbocycles. The highest BCUT2D eigenvalue weighted by atomic mass is 19.4. The molecule has 6 nitrogen and oxygen atoms in total. The molecule has 0 spiro atoms. The van der Waals surface area contributed by atoms with Crippen molar-refractivity contribution in [2.75, 3.05) is 36.5 Å². The number of rotatable bonds is 3. The van der Waals surface area contributed by atoms with Crippen LogP contribution in [0.25, 0.3) is 0 Å². The van der Waals surface area contributed by atoms with E-state index < -0.39 is 12.0 Å². The molecule has 0 aromatic carbocycles. The maximum atomic E-state index is 12.8. The molecule has 0 radical (unpaired) electrons. The van der Waals surface area contributed by atoms with E-state index in [1.54, 1.807) is 0 Å². The molecule has 1 aliphatic heterocycles. The largest absolute Gasteiger partial charge is 0.451 e. The fraction of sp³-hybridized carbons (Fsp3) is 0.667. The summed E-state index contributed by atoms with van der Waals surface area (Å²) in [6.07, 6.45) is -4.60. The molecule has 1 aliphatic rings. The Morgan fingerprint density at radius 2 is 1.81 bits per heavy atom. The van der Waals surface area contributed by atoms with Crippen molar-refractivity contribution >= 4 is 11.6 Å². The van der Waals surface area contributed by atoms with Gasteiger partial charge in [0.05, 0.1) is 0 Å². The molecule has 0 aliphatic carbocycles. The predicted octanol–water partition coefficient (Wildman–Crippen LogP) is 1.31. The summed E-state index contributed by atoms with van der Waals surface area (Å²) in [6.45, 7) is 7.01.